The highest BCUT2D eigenvalue weighted by Gasteiger charge is 2.30. The van der Waals surface area contributed by atoms with Crippen LogP contribution in [0.4, 0.5) is 9.80 Å². The number of ether oxygens (including phenoxy) is 1. The third kappa shape index (κ3) is 7.71. The molecule has 12 heteroatoms. The molecule has 2 heterocycles. The number of anilines is 1. The minimum atomic E-state index is -3.81. The maximum atomic E-state index is 13.4. The van der Waals surface area contributed by atoms with Gasteiger partial charge in [0.15, 0.2) is 0 Å². The molecule has 0 saturated carbocycles. The molecule has 5 rings (SSSR count). The Kier molecular flexibility index (Phi) is 10.6. The minimum Gasteiger partial charge on any atom is -0.450 e. The van der Waals surface area contributed by atoms with Gasteiger partial charge in [-0.15, -0.1) is 11.3 Å². The van der Waals surface area contributed by atoms with Crippen molar-refractivity contribution in [2.75, 3.05) is 25.0 Å². The number of alkyl carbamates (subject to hydrolysis) is 1. The average Bonchev–Trinajstić information content (AvgIpc) is 3.41. The van der Waals surface area contributed by atoms with Crippen molar-refractivity contribution in [2.45, 2.75) is 44.8 Å². The third-order valence-corrected chi connectivity index (χ3v) is 10.7. The zero-order valence-corrected chi connectivity index (χ0v) is 27.3. The summed E-state index contributed by atoms with van der Waals surface area (Å²) in [6, 6.07) is 25.1. The highest BCUT2D eigenvalue weighted by Crippen LogP contribution is 2.38. The maximum absolute atomic E-state index is 13.4. The Bertz CT molecular complexity index is 1790. The second kappa shape index (κ2) is 14.8. The molecule has 1 aliphatic heterocycles. The van der Waals surface area contributed by atoms with Crippen molar-refractivity contribution < 1.29 is 27.5 Å². The van der Waals surface area contributed by atoms with Gasteiger partial charge in [0.1, 0.15) is 5.00 Å². The predicted octanol–water partition coefficient (Wildman–Crippen LogP) is 5.66. The van der Waals surface area contributed by atoms with Gasteiger partial charge in [-0.1, -0.05) is 67.6 Å². The molecule has 0 spiro atoms. The summed E-state index contributed by atoms with van der Waals surface area (Å²) in [7, 11) is -3.81. The Hall–Kier alpha value is -4.36. The van der Waals surface area contributed by atoms with Gasteiger partial charge in [-0.2, -0.15) is 4.31 Å². The van der Waals surface area contributed by atoms with E-state index >= 15 is 0 Å². The van der Waals surface area contributed by atoms with E-state index in [1.165, 1.54) is 45.5 Å². The van der Waals surface area contributed by atoms with Crippen molar-refractivity contribution in [2.24, 2.45) is 0 Å². The van der Waals surface area contributed by atoms with Crippen LogP contribution in [-0.2, 0) is 40.8 Å². The van der Waals surface area contributed by atoms with Crippen molar-refractivity contribution >= 4 is 44.3 Å². The van der Waals surface area contributed by atoms with Crippen LogP contribution in [0.15, 0.2) is 89.8 Å². The van der Waals surface area contributed by atoms with Gasteiger partial charge in [-0.3, -0.25) is 19.8 Å². The van der Waals surface area contributed by atoms with Crippen molar-refractivity contribution in [3.63, 3.8) is 0 Å². The number of nitrogens with zero attached hydrogens (tertiary/aromatic N) is 2. The molecule has 240 valence electrons. The van der Waals surface area contributed by atoms with E-state index < -0.39 is 27.9 Å². The van der Waals surface area contributed by atoms with E-state index in [-0.39, 0.29) is 35.7 Å². The molecule has 0 radical (unpaired) electrons. The predicted molar refractivity (Wildman–Crippen MR) is 177 cm³/mol. The number of hydrogen-bond donors (Lipinski definition) is 2. The number of hydrogen-bond acceptors (Lipinski definition) is 8. The third-order valence-electron chi connectivity index (χ3n) is 7.64. The van der Waals surface area contributed by atoms with E-state index in [1.54, 1.807) is 13.8 Å². The Morgan fingerprint density at radius 1 is 0.891 bits per heavy atom. The van der Waals surface area contributed by atoms with Gasteiger partial charge in [0, 0.05) is 43.2 Å². The molecule has 0 saturated heterocycles. The zero-order chi connectivity index (χ0) is 32.7. The fourth-order valence-electron chi connectivity index (χ4n) is 5.34. The van der Waals surface area contributed by atoms with Crippen LogP contribution in [0.1, 0.15) is 56.1 Å². The summed E-state index contributed by atoms with van der Waals surface area (Å²) in [5.41, 5.74) is 3.28. The Labute approximate surface area is 273 Å². The molecule has 0 atom stereocenters. The van der Waals surface area contributed by atoms with Gasteiger partial charge in [0.25, 0.3) is 11.8 Å². The first-order valence-corrected chi connectivity index (χ1v) is 17.3. The molecule has 3 aromatic carbocycles. The average molecular weight is 661 g/mol. The molecule has 46 heavy (non-hydrogen) atoms. The number of amides is 3. The van der Waals surface area contributed by atoms with Crippen LogP contribution in [0.25, 0.3) is 0 Å². The van der Waals surface area contributed by atoms with Gasteiger partial charge >= 0.3 is 6.09 Å². The van der Waals surface area contributed by atoms with Gasteiger partial charge < -0.3 is 10.1 Å². The molecule has 0 aliphatic carbocycles. The number of rotatable bonds is 11. The number of benzene rings is 3. The normalized spacial score (nSPS) is 13.2. The molecule has 3 amide bonds. The lowest BCUT2D eigenvalue weighted by atomic mass is 10.0. The first-order valence-electron chi connectivity index (χ1n) is 15.0. The lowest BCUT2D eigenvalue weighted by Gasteiger charge is -2.27. The monoisotopic (exact) mass is 660 g/mol. The SMILES string of the molecule is CCOC(=O)NC(=O)c1c(NC(=O)c2ccc(S(=O)(=O)N(CC)Cc3ccccc3)cc2)sc2c1CCN(Cc1ccccc1)C2. The fourth-order valence-corrected chi connectivity index (χ4v) is 8.06. The molecule has 10 nitrogen and oxygen atoms in total. The molecule has 0 bridgehead atoms. The van der Waals surface area contributed by atoms with E-state index in [0.717, 1.165) is 22.5 Å². The first-order chi connectivity index (χ1) is 22.2. The summed E-state index contributed by atoms with van der Waals surface area (Å²) in [6.07, 6.45) is -0.305. The van der Waals surface area contributed by atoms with E-state index in [0.29, 0.717) is 24.5 Å². The van der Waals surface area contributed by atoms with Gasteiger partial charge in [-0.05, 0) is 54.3 Å². The van der Waals surface area contributed by atoms with E-state index in [2.05, 4.69) is 27.7 Å². The van der Waals surface area contributed by atoms with Gasteiger partial charge in [0.05, 0.1) is 17.1 Å². The van der Waals surface area contributed by atoms with E-state index in [1.807, 2.05) is 48.5 Å². The number of nitrogens with one attached hydrogen (secondary N) is 2. The van der Waals surface area contributed by atoms with Crippen molar-refractivity contribution in [1.82, 2.24) is 14.5 Å². The van der Waals surface area contributed by atoms with E-state index in [4.69, 9.17) is 4.74 Å². The fraction of sp³-hybridized carbons (Fsp3) is 0.265. The maximum Gasteiger partial charge on any atom is 0.414 e. The largest absolute Gasteiger partial charge is 0.450 e. The molecule has 0 fully saturated rings. The molecule has 1 aliphatic rings. The quantitative estimate of drug-likeness (QED) is 0.213. The Balaban J connectivity index is 1.36. The summed E-state index contributed by atoms with van der Waals surface area (Å²) in [5.74, 6) is -1.16. The standard InChI is InChI=1S/C34H36N4O6S2/c1-3-38(22-25-13-9-6-10-14-25)46(42,43)27-17-15-26(16-18-27)31(39)35-33-30(32(40)36-34(41)44-4-2)28-19-20-37(23-29(28)45-33)21-24-11-7-5-8-12-24/h5-18H,3-4,19-23H2,1-2H3,(H,35,39)(H,36,40,41). The Morgan fingerprint density at radius 3 is 2.17 bits per heavy atom. The van der Waals surface area contributed by atoms with Gasteiger partial charge in [0.2, 0.25) is 10.0 Å². The highest BCUT2D eigenvalue weighted by atomic mass is 32.2. The minimum absolute atomic E-state index is 0.0708. The molecular formula is C34H36N4O6S2. The summed E-state index contributed by atoms with van der Waals surface area (Å²) in [6.45, 7) is 6.04. The van der Waals surface area contributed by atoms with Crippen LogP contribution in [0, 0.1) is 0 Å². The summed E-state index contributed by atoms with van der Waals surface area (Å²) >= 11 is 1.29. The molecule has 1 aromatic heterocycles. The van der Waals surface area contributed by atoms with Crippen LogP contribution in [0.5, 0.6) is 0 Å². The highest BCUT2D eigenvalue weighted by molar-refractivity contribution is 7.89. The number of sulfonamides is 1. The number of carbonyl (C=O) groups excluding carboxylic acids is 3. The number of fused-ring (bicyclic) bond motifs is 1. The molecule has 2 N–H and O–H groups in total. The van der Waals surface area contributed by atoms with Crippen LogP contribution >= 0.6 is 11.3 Å². The first kappa shape index (κ1) is 33.0. The number of carbonyl (C=O) groups is 3. The van der Waals surface area contributed by atoms with Crippen molar-refractivity contribution in [3.05, 3.63) is 118 Å². The molecule has 4 aromatic rings. The second-order valence-electron chi connectivity index (χ2n) is 10.7. The number of thiophene rings is 1. The lowest BCUT2D eigenvalue weighted by molar-refractivity contribution is 0.0924. The summed E-state index contributed by atoms with van der Waals surface area (Å²) in [5, 5.41) is 5.43. The second-order valence-corrected chi connectivity index (χ2v) is 13.8. The summed E-state index contributed by atoms with van der Waals surface area (Å²) in [4.78, 5) is 42.1. The van der Waals surface area contributed by atoms with Crippen LogP contribution in [-0.4, -0.2) is 55.2 Å². The Morgan fingerprint density at radius 2 is 1.54 bits per heavy atom. The summed E-state index contributed by atoms with van der Waals surface area (Å²) < 4.78 is 33.1. The van der Waals surface area contributed by atoms with Crippen molar-refractivity contribution in [1.29, 1.82) is 0 Å². The lowest BCUT2D eigenvalue weighted by Crippen LogP contribution is -2.34. The van der Waals surface area contributed by atoms with Crippen LogP contribution in [0.3, 0.4) is 0 Å². The number of imide groups is 1. The van der Waals surface area contributed by atoms with Gasteiger partial charge in [-0.25, -0.2) is 13.2 Å². The molecule has 0 unspecified atom stereocenters. The van der Waals surface area contributed by atoms with Crippen LogP contribution in [0.2, 0.25) is 0 Å². The smallest absolute Gasteiger partial charge is 0.414 e. The van der Waals surface area contributed by atoms with E-state index in [9.17, 15) is 22.8 Å². The zero-order valence-electron chi connectivity index (χ0n) is 25.7. The van der Waals surface area contributed by atoms with Crippen molar-refractivity contribution in [3.8, 4) is 0 Å². The van der Waals surface area contributed by atoms with Crippen LogP contribution < -0.4 is 10.6 Å². The molecular weight excluding hydrogens is 625 g/mol. The topological polar surface area (TPSA) is 125 Å².